The van der Waals surface area contributed by atoms with Gasteiger partial charge in [0.1, 0.15) is 29.9 Å². The van der Waals surface area contributed by atoms with Crippen LogP contribution in [0.15, 0.2) is 84.9 Å². The van der Waals surface area contributed by atoms with E-state index in [-0.39, 0.29) is 36.5 Å². The summed E-state index contributed by atoms with van der Waals surface area (Å²) in [4.78, 5) is 66.5. The van der Waals surface area contributed by atoms with Gasteiger partial charge in [-0.3, -0.25) is 24.0 Å². The minimum atomic E-state index is -1.12. The number of nitrogens with one attached hydrogen (secondary N) is 4. The molecular weight excluding hydrogens is 641 g/mol. The second kappa shape index (κ2) is 17.4. The van der Waals surface area contributed by atoms with E-state index in [0.717, 1.165) is 16.7 Å². The van der Waals surface area contributed by atoms with E-state index in [1.54, 1.807) is 24.3 Å². The zero-order valence-electron chi connectivity index (χ0n) is 25.5. The van der Waals surface area contributed by atoms with Gasteiger partial charge in [0.05, 0.1) is 6.04 Å². The molecule has 0 saturated carbocycles. The van der Waals surface area contributed by atoms with E-state index in [1.807, 2.05) is 48.5 Å². The number of phenolic OH excluding ortho intramolecular Hbond substituents is 1. The first-order valence-electron chi connectivity index (χ1n) is 15.0. The summed E-state index contributed by atoms with van der Waals surface area (Å²) in [6.07, 6.45) is 0.379. The van der Waals surface area contributed by atoms with Crippen LogP contribution in [0.4, 0.5) is 0 Å². The smallest absolute Gasteiger partial charge is 0.244 e. The Morgan fingerprint density at radius 3 is 1.81 bits per heavy atom. The molecule has 3 aromatic rings. The molecule has 0 unspecified atom stereocenters. The van der Waals surface area contributed by atoms with E-state index in [1.165, 1.54) is 33.7 Å². The molecule has 5 atom stereocenters. The molecule has 0 bridgehead atoms. The van der Waals surface area contributed by atoms with Crippen molar-refractivity contribution in [3.63, 3.8) is 0 Å². The molecule has 0 aliphatic carbocycles. The third-order valence-corrected chi connectivity index (χ3v) is 9.83. The van der Waals surface area contributed by atoms with E-state index in [2.05, 4.69) is 21.3 Å². The Balaban J connectivity index is 1.59. The van der Waals surface area contributed by atoms with E-state index < -0.39 is 59.7 Å². The summed E-state index contributed by atoms with van der Waals surface area (Å²) in [6, 6.07) is 19.0. The number of nitrogens with two attached hydrogens (primary N) is 2. The minimum Gasteiger partial charge on any atom is -0.508 e. The van der Waals surface area contributed by atoms with Crippen molar-refractivity contribution in [1.29, 1.82) is 0 Å². The van der Waals surface area contributed by atoms with Crippen LogP contribution in [-0.2, 0) is 43.2 Å². The summed E-state index contributed by atoms with van der Waals surface area (Å²) < 4.78 is 0. The Hall–Kier alpha value is -4.53. The first-order valence-corrected chi connectivity index (χ1v) is 17.4. The van der Waals surface area contributed by atoms with Crippen LogP contribution in [0.2, 0.25) is 0 Å². The van der Waals surface area contributed by atoms with Crippen LogP contribution in [0.5, 0.6) is 5.75 Å². The Labute approximate surface area is 280 Å². The second-order valence-corrected chi connectivity index (χ2v) is 13.6. The van der Waals surface area contributed by atoms with E-state index in [0.29, 0.717) is 0 Å². The van der Waals surface area contributed by atoms with Gasteiger partial charge in [0.25, 0.3) is 0 Å². The number of rotatable bonds is 9. The normalized spacial score (nSPS) is 21.7. The molecule has 0 aromatic heterocycles. The van der Waals surface area contributed by atoms with Crippen molar-refractivity contribution in [2.24, 2.45) is 11.5 Å². The van der Waals surface area contributed by atoms with Crippen molar-refractivity contribution < 1.29 is 29.1 Å². The second-order valence-electron chi connectivity index (χ2n) is 11.1. The fourth-order valence-electron chi connectivity index (χ4n) is 4.80. The van der Waals surface area contributed by atoms with Crippen molar-refractivity contribution >= 4 is 51.1 Å². The Bertz CT molecular complexity index is 1530. The maximum Gasteiger partial charge on any atom is 0.244 e. The molecule has 4 rings (SSSR count). The van der Waals surface area contributed by atoms with E-state index in [4.69, 9.17) is 11.5 Å². The average Bonchev–Trinajstić information content (AvgIpc) is 3.06. The Kier molecular flexibility index (Phi) is 13.1. The predicted molar refractivity (Wildman–Crippen MR) is 182 cm³/mol. The topological polar surface area (TPSA) is 206 Å². The van der Waals surface area contributed by atoms with Crippen molar-refractivity contribution in [2.75, 3.05) is 11.5 Å². The number of phenols is 1. The van der Waals surface area contributed by atoms with Gasteiger partial charge in [-0.25, -0.2) is 0 Å². The molecule has 3 aromatic carbocycles. The van der Waals surface area contributed by atoms with Crippen LogP contribution in [0.1, 0.15) is 16.7 Å². The fourth-order valence-corrected chi connectivity index (χ4v) is 7.14. The maximum atomic E-state index is 13.8. The largest absolute Gasteiger partial charge is 0.508 e. The third-order valence-electron chi connectivity index (χ3n) is 7.41. The molecule has 0 spiro atoms. The zero-order chi connectivity index (χ0) is 33.8. The van der Waals surface area contributed by atoms with Crippen LogP contribution < -0.4 is 32.7 Å². The van der Waals surface area contributed by atoms with Crippen LogP contribution in [0, 0.1) is 0 Å². The molecule has 1 fully saturated rings. The number of carbonyl (C=O) groups excluding carboxylic acids is 5. The molecule has 248 valence electrons. The summed E-state index contributed by atoms with van der Waals surface area (Å²) in [5.41, 5.74) is 14.0. The van der Waals surface area contributed by atoms with Gasteiger partial charge in [-0.2, -0.15) is 0 Å². The highest BCUT2D eigenvalue weighted by Crippen LogP contribution is 2.24. The third kappa shape index (κ3) is 11.0. The monoisotopic (exact) mass is 678 g/mol. The highest BCUT2D eigenvalue weighted by Gasteiger charge is 2.33. The summed E-state index contributed by atoms with van der Waals surface area (Å²) in [5.74, 6) is -2.95. The average molecular weight is 679 g/mol. The summed E-state index contributed by atoms with van der Waals surface area (Å²) in [6.45, 7) is 0. The van der Waals surface area contributed by atoms with Crippen LogP contribution >= 0.6 is 21.6 Å². The SMILES string of the molecule is NC(=O)[C@H]1CSSC[C@@H](NC(=O)[C@@H](N)Cc2ccc(O)cc2)C(=O)N[C@@H](Cc2ccccc2)C(=O)N[C@@H](Cc2ccccc2)C(=O)N1. The number of primary amides is 1. The molecule has 14 heteroatoms. The number of hydrogen-bond donors (Lipinski definition) is 7. The zero-order valence-corrected chi connectivity index (χ0v) is 27.1. The summed E-state index contributed by atoms with van der Waals surface area (Å²) in [7, 11) is 2.40. The lowest BCUT2D eigenvalue weighted by atomic mass is 10.0. The molecule has 1 aliphatic heterocycles. The van der Waals surface area contributed by atoms with E-state index in [9.17, 15) is 29.1 Å². The molecule has 1 aliphatic rings. The fraction of sp³-hybridized carbons (Fsp3) is 0.303. The van der Waals surface area contributed by atoms with E-state index >= 15 is 0 Å². The summed E-state index contributed by atoms with van der Waals surface area (Å²) >= 11 is 0. The lowest BCUT2D eigenvalue weighted by Gasteiger charge is -2.27. The minimum absolute atomic E-state index is 0.0594. The molecular formula is C33H38N6O6S2. The number of aromatic hydroxyl groups is 1. The number of amides is 5. The van der Waals surface area contributed by atoms with Gasteiger partial charge in [0.2, 0.25) is 29.5 Å². The van der Waals surface area contributed by atoms with Gasteiger partial charge in [0, 0.05) is 24.3 Å². The number of hydrogen-bond acceptors (Lipinski definition) is 9. The van der Waals surface area contributed by atoms with Gasteiger partial charge in [0.15, 0.2) is 0 Å². The lowest BCUT2D eigenvalue weighted by molar-refractivity contribution is -0.134. The van der Waals surface area contributed by atoms with Crippen LogP contribution in [-0.4, -0.2) is 76.4 Å². The van der Waals surface area contributed by atoms with Gasteiger partial charge in [-0.15, -0.1) is 0 Å². The highest BCUT2D eigenvalue weighted by molar-refractivity contribution is 8.76. The van der Waals surface area contributed by atoms with Crippen LogP contribution in [0.3, 0.4) is 0 Å². The molecule has 1 heterocycles. The predicted octanol–water partition coefficient (Wildman–Crippen LogP) is 0.567. The molecule has 9 N–H and O–H groups in total. The van der Waals surface area contributed by atoms with Gasteiger partial charge in [-0.05, 0) is 35.2 Å². The molecule has 12 nitrogen and oxygen atoms in total. The quantitative estimate of drug-likeness (QED) is 0.158. The van der Waals surface area contributed by atoms with Crippen LogP contribution in [0.25, 0.3) is 0 Å². The van der Waals surface area contributed by atoms with Gasteiger partial charge < -0.3 is 37.8 Å². The molecule has 5 amide bonds. The molecule has 0 radical (unpaired) electrons. The maximum absolute atomic E-state index is 13.8. The van der Waals surface area contributed by atoms with Gasteiger partial charge in [-0.1, -0.05) is 94.4 Å². The molecule has 1 saturated heterocycles. The van der Waals surface area contributed by atoms with Gasteiger partial charge >= 0.3 is 0 Å². The lowest BCUT2D eigenvalue weighted by Crippen LogP contribution is -2.60. The number of benzene rings is 3. The highest BCUT2D eigenvalue weighted by atomic mass is 33.1. The Morgan fingerprint density at radius 2 is 1.26 bits per heavy atom. The van der Waals surface area contributed by atoms with Crippen molar-refractivity contribution in [3.8, 4) is 5.75 Å². The standard InChI is InChI=1S/C33H38N6O6S2/c34-24(15-22-11-13-23(40)14-12-22)30(42)39-28-19-47-46-18-27(29(35)41)38-32(44)26(17-21-9-5-2-6-10-21)36-31(43)25(37-33(28)45)16-20-7-3-1-4-8-20/h1-14,24-28,40H,15-19,34H2,(H2,35,41)(H,36,43)(H,37,45)(H,38,44)(H,39,42)/t24-,25-,26-,27+,28+/m0/s1. The summed E-state index contributed by atoms with van der Waals surface area (Å²) in [5, 5.41) is 20.5. The van der Waals surface area contributed by atoms with Crippen molar-refractivity contribution in [3.05, 3.63) is 102 Å². The van der Waals surface area contributed by atoms with Crippen molar-refractivity contribution in [2.45, 2.75) is 49.5 Å². The van der Waals surface area contributed by atoms with Crippen molar-refractivity contribution in [1.82, 2.24) is 21.3 Å². The molecule has 47 heavy (non-hydrogen) atoms. The Morgan fingerprint density at radius 1 is 0.745 bits per heavy atom. The first-order chi connectivity index (χ1) is 22.6. The number of carbonyl (C=O) groups is 5. The first kappa shape index (κ1) is 35.3.